The van der Waals surface area contributed by atoms with E-state index in [1.165, 1.54) is 6.08 Å². The van der Waals surface area contributed by atoms with Crippen molar-refractivity contribution in [1.29, 1.82) is 0 Å². The van der Waals surface area contributed by atoms with Crippen LogP contribution in [0.3, 0.4) is 0 Å². The van der Waals surface area contributed by atoms with Gasteiger partial charge in [0, 0.05) is 30.7 Å². The minimum absolute atomic E-state index is 0.147. The van der Waals surface area contributed by atoms with Crippen molar-refractivity contribution in [3.63, 3.8) is 0 Å². The largest absolute Gasteiger partial charge is 0.512 e. The molecule has 1 aromatic heterocycles. The van der Waals surface area contributed by atoms with Crippen LogP contribution in [-0.2, 0) is 4.74 Å². The Bertz CT molecular complexity index is 625. The van der Waals surface area contributed by atoms with E-state index in [1.54, 1.807) is 17.7 Å². The number of aliphatic hydroxyl groups excluding tert-OH is 3. The van der Waals surface area contributed by atoms with E-state index in [2.05, 4.69) is 4.98 Å². The Balaban J connectivity index is 2.35. The molecule has 0 saturated carbocycles. The van der Waals surface area contributed by atoms with Crippen molar-refractivity contribution in [3.8, 4) is 0 Å². The van der Waals surface area contributed by atoms with Crippen molar-refractivity contribution in [2.24, 2.45) is 0 Å². The first-order valence-corrected chi connectivity index (χ1v) is 7.90. The first kappa shape index (κ1) is 17.7. The highest BCUT2D eigenvalue weighted by atomic mass is 16.5. The maximum absolute atomic E-state index is 11.8. The van der Waals surface area contributed by atoms with Gasteiger partial charge in [-0.15, -0.1) is 0 Å². The van der Waals surface area contributed by atoms with Crippen molar-refractivity contribution in [2.75, 3.05) is 6.61 Å². The highest BCUT2D eigenvalue weighted by molar-refractivity contribution is 5.43. The van der Waals surface area contributed by atoms with Crippen LogP contribution in [0.2, 0.25) is 0 Å². The van der Waals surface area contributed by atoms with Gasteiger partial charge in [-0.3, -0.25) is 4.79 Å². The normalized spacial score (nSPS) is 25.0. The quantitative estimate of drug-likeness (QED) is 0.681. The van der Waals surface area contributed by atoms with Gasteiger partial charge in [-0.1, -0.05) is 13.3 Å². The number of unbranched alkanes of at least 4 members (excludes halogenated alkanes) is 1. The summed E-state index contributed by atoms with van der Waals surface area (Å²) in [7, 11) is 0. The molecule has 3 atom stereocenters. The number of aromatic nitrogens is 2. The van der Waals surface area contributed by atoms with Gasteiger partial charge in [-0.25, -0.2) is 0 Å². The lowest BCUT2D eigenvalue weighted by atomic mass is 10.2. The minimum atomic E-state index is -0.782. The van der Waals surface area contributed by atoms with E-state index in [0.29, 0.717) is 12.0 Å². The smallest absolute Gasteiger partial charge is 0.276 e. The molecule has 1 fully saturated rings. The molecular weight excluding hydrogens is 300 g/mol. The first-order chi connectivity index (χ1) is 11.0. The van der Waals surface area contributed by atoms with E-state index < -0.39 is 18.4 Å². The molecule has 2 heterocycles. The SMILES string of the molecule is CCCC/C(O)=C/c1nc(=O)c(C)cn1[C@H]1C[C@H](O)[C@@H](CO)O1. The highest BCUT2D eigenvalue weighted by Crippen LogP contribution is 2.29. The van der Waals surface area contributed by atoms with E-state index in [-0.39, 0.29) is 30.2 Å². The average molecular weight is 324 g/mol. The Morgan fingerprint density at radius 2 is 2.30 bits per heavy atom. The number of allylic oxidation sites excluding steroid dienone is 1. The number of nitrogens with zero attached hydrogens (tertiary/aromatic N) is 2. The maximum atomic E-state index is 11.8. The fourth-order valence-electron chi connectivity index (χ4n) is 2.55. The molecule has 0 amide bonds. The fourth-order valence-corrected chi connectivity index (χ4v) is 2.55. The Kier molecular flexibility index (Phi) is 5.92. The number of aryl methyl sites for hydroxylation is 1. The van der Waals surface area contributed by atoms with Crippen LogP contribution in [0.1, 0.15) is 50.2 Å². The van der Waals surface area contributed by atoms with Gasteiger partial charge in [0.1, 0.15) is 18.2 Å². The predicted molar refractivity (Wildman–Crippen MR) is 85.0 cm³/mol. The van der Waals surface area contributed by atoms with Crippen molar-refractivity contribution >= 4 is 6.08 Å². The molecule has 0 aliphatic carbocycles. The zero-order chi connectivity index (χ0) is 17.0. The Morgan fingerprint density at radius 1 is 1.57 bits per heavy atom. The molecular formula is C16H24N2O5. The first-order valence-electron chi connectivity index (χ1n) is 7.90. The lowest BCUT2D eigenvalue weighted by molar-refractivity contribution is -0.0451. The van der Waals surface area contributed by atoms with E-state index in [0.717, 1.165) is 12.8 Å². The molecule has 1 aliphatic rings. The summed E-state index contributed by atoms with van der Waals surface area (Å²) in [5, 5.41) is 29.1. The van der Waals surface area contributed by atoms with Gasteiger partial charge in [-0.2, -0.15) is 4.98 Å². The van der Waals surface area contributed by atoms with E-state index in [9.17, 15) is 20.1 Å². The molecule has 7 nitrogen and oxygen atoms in total. The molecule has 0 spiro atoms. The number of hydrogen-bond donors (Lipinski definition) is 3. The summed E-state index contributed by atoms with van der Waals surface area (Å²) in [5.41, 5.74) is 0.0776. The standard InChI is InChI=1S/C16H24N2O5/c1-3-4-5-11(20)6-14-17-16(22)10(2)8-18(14)15-7-12(21)13(9-19)23-15/h6,8,12-13,15,19-21H,3-5,7,9H2,1-2H3/b11-6-/t12-,13+,15+/m0/s1. The monoisotopic (exact) mass is 324 g/mol. The molecule has 2 rings (SSSR count). The zero-order valence-electron chi connectivity index (χ0n) is 13.5. The lowest BCUT2D eigenvalue weighted by Crippen LogP contribution is -2.24. The van der Waals surface area contributed by atoms with Crippen LogP contribution >= 0.6 is 0 Å². The Labute approximate surface area is 134 Å². The second kappa shape index (κ2) is 7.72. The van der Waals surface area contributed by atoms with Crippen LogP contribution < -0.4 is 5.56 Å². The molecule has 128 valence electrons. The topological polar surface area (TPSA) is 105 Å². The van der Waals surface area contributed by atoms with Gasteiger partial charge in [0.05, 0.1) is 18.5 Å². The van der Waals surface area contributed by atoms with Gasteiger partial charge >= 0.3 is 0 Å². The minimum Gasteiger partial charge on any atom is -0.512 e. The summed E-state index contributed by atoms with van der Waals surface area (Å²) >= 11 is 0. The second-order valence-electron chi connectivity index (χ2n) is 5.85. The molecule has 23 heavy (non-hydrogen) atoms. The highest BCUT2D eigenvalue weighted by Gasteiger charge is 2.35. The van der Waals surface area contributed by atoms with Crippen LogP contribution in [-0.4, -0.2) is 43.7 Å². The van der Waals surface area contributed by atoms with Crippen molar-refractivity contribution in [1.82, 2.24) is 9.55 Å². The molecule has 1 aliphatic heterocycles. The maximum Gasteiger partial charge on any atom is 0.276 e. The van der Waals surface area contributed by atoms with Crippen LogP contribution in [0.4, 0.5) is 0 Å². The van der Waals surface area contributed by atoms with Crippen LogP contribution in [0, 0.1) is 6.92 Å². The van der Waals surface area contributed by atoms with E-state index in [4.69, 9.17) is 4.74 Å². The molecule has 1 aromatic rings. The lowest BCUT2D eigenvalue weighted by Gasteiger charge is -2.18. The number of hydrogen-bond acceptors (Lipinski definition) is 6. The van der Waals surface area contributed by atoms with Crippen molar-refractivity contribution < 1.29 is 20.1 Å². The second-order valence-corrected chi connectivity index (χ2v) is 5.85. The van der Waals surface area contributed by atoms with Gasteiger partial charge < -0.3 is 24.6 Å². The predicted octanol–water partition coefficient (Wildman–Crippen LogP) is 1.28. The number of aliphatic hydroxyl groups is 3. The third kappa shape index (κ3) is 4.19. The van der Waals surface area contributed by atoms with Gasteiger partial charge in [0.25, 0.3) is 5.56 Å². The molecule has 0 bridgehead atoms. The molecule has 1 saturated heterocycles. The summed E-state index contributed by atoms with van der Waals surface area (Å²) in [6.07, 6.45) is 3.65. The number of rotatable bonds is 6. The average Bonchev–Trinajstić information content (AvgIpc) is 2.89. The van der Waals surface area contributed by atoms with Crippen LogP contribution in [0.5, 0.6) is 0 Å². The summed E-state index contributed by atoms with van der Waals surface area (Å²) in [6, 6.07) is 0. The zero-order valence-corrected chi connectivity index (χ0v) is 13.5. The van der Waals surface area contributed by atoms with Gasteiger partial charge in [0.2, 0.25) is 0 Å². The Hall–Kier alpha value is -1.70. The molecule has 0 aromatic carbocycles. The molecule has 0 radical (unpaired) electrons. The third-order valence-electron chi connectivity index (χ3n) is 3.93. The summed E-state index contributed by atoms with van der Waals surface area (Å²) < 4.78 is 7.24. The Morgan fingerprint density at radius 3 is 2.91 bits per heavy atom. The summed E-state index contributed by atoms with van der Waals surface area (Å²) in [6.45, 7) is 3.39. The summed E-state index contributed by atoms with van der Waals surface area (Å²) in [4.78, 5) is 15.8. The third-order valence-corrected chi connectivity index (χ3v) is 3.93. The summed E-state index contributed by atoms with van der Waals surface area (Å²) in [5.74, 6) is 0.429. The van der Waals surface area contributed by atoms with Gasteiger partial charge in [-0.05, 0) is 13.3 Å². The fraction of sp³-hybridized carbons (Fsp3) is 0.625. The van der Waals surface area contributed by atoms with E-state index in [1.807, 2.05) is 6.92 Å². The van der Waals surface area contributed by atoms with Crippen LogP contribution in [0.25, 0.3) is 6.08 Å². The molecule has 0 unspecified atom stereocenters. The van der Waals surface area contributed by atoms with Crippen LogP contribution in [0.15, 0.2) is 16.8 Å². The molecule has 3 N–H and O–H groups in total. The van der Waals surface area contributed by atoms with Crippen molar-refractivity contribution in [3.05, 3.63) is 33.7 Å². The van der Waals surface area contributed by atoms with Gasteiger partial charge in [0.15, 0.2) is 0 Å². The van der Waals surface area contributed by atoms with Crippen molar-refractivity contribution in [2.45, 2.75) is 58.0 Å². The number of ether oxygens (including phenoxy) is 1. The van der Waals surface area contributed by atoms with E-state index >= 15 is 0 Å². The molecule has 7 heteroatoms.